The Labute approximate surface area is 212 Å². The Morgan fingerprint density at radius 3 is 2.53 bits per heavy atom. The number of alkyl halides is 3. The number of aryl methyl sites for hydroxylation is 1. The van der Waals surface area contributed by atoms with E-state index in [2.05, 4.69) is 34.7 Å². The Balaban J connectivity index is 1.45. The molecule has 2 unspecified atom stereocenters. The molecule has 0 radical (unpaired) electrons. The Hall–Kier alpha value is -2.85. The molecule has 10 heteroatoms. The molecule has 0 amide bonds. The molecule has 2 atom stereocenters. The average Bonchev–Trinajstić information content (AvgIpc) is 3.23. The molecule has 1 saturated heterocycles. The lowest BCUT2D eigenvalue weighted by Gasteiger charge is -2.44. The van der Waals surface area contributed by atoms with Gasteiger partial charge in [-0.3, -0.25) is 4.90 Å². The third kappa shape index (κ3) is 6.10. The molecule has 0 bridgehead atoms. The maximum atomic E-state index is 13.1. The van der Waals surface area contributed by atoms with Crippen LogP contribution in [-0.2, 0) is 22.3 Å². The number of nitrogens with zero attached hydrogens (tertiary/aromatic N) is 3. The summed E-state index contributed by atoms with van der Waals surface area (Å²) in [5.41, 5.74) is 2.06. The second-order valence-corrected chi connectivity index (χ2v) is 10.2. The van der Waals surface area contributed by atoms with Gasteiger partial charge in [0.2, 0.25) is 0 Å². The minimum absolute atomic E-state index is 0.130. The van der Waals surface area contributed by atoms with E-state index in [4.69, 9.17) is 9.47 Å². The third-order valence-corrected chi connectivity index (χ3v) is 7.29. The summed E-state index contributed by atoms with van der Waals surface area (Å²) >= 11 is 1.30. The molecule has 0 spiro atoms. The Morgan fingerprint density at radius 1 is 1.14 bits per heavy atom. The molecule has 3 aromatic rings. The maximum absolute atomic E-state index is 13.1. The number of benzene rings is 2. The Bertz CT molecular complexity index is 1220. The second-order valence-electron chi connectivity index (χ2n) is 9.20. The zero-order valence-corrected chi connectivity index (χ0v) is 21.6. The van der Waals surface area contributed by atoms with E-state index in [1.807, 2.05) is 19.1 Å². The highest BCUT2D eigenvalue weighted by molar-refractivity contribution is 7.22. The lowest BCUT2D eigenvalue weighted by atomic mass is 10.0. The van der Waals surface area contributed by atoms with Crippen molar-refractivity contribution in [1.82, 2.24) is 9.88 Å². The number of carbonyl (C=O) groups excluding carboxylic acids is 1. The first kappa shape index (κ1) is 26.2. The van der Waals surface area contributed by atoms with Gasteiger partial charge in [0.15, 0.2) is 11.7 Å². The number of anilines is 1. The third-order valence-electron chi connectivity index (χ3n) is 6.21. The highest BCUT2D eigenvalue weighted by Crippen LogP contribution is 2.36. The number of piperazine rings is 1. The standard InChI is InChI=1S/C26H30F3N3O3S/c1-5-34-24(33)15-35-21-9-16(2)8-19(10-21)14-32-17(3)12-31(13-18(32)4)25-30-22-7-6-20(26(27,28)29)11-23(22)36-25/h6-11,17-18H,5,12-15H2,1-4H3. The van der Waals surface area contributed by atoms with Gasteiger partial charge in [-0.05, 0) is 69.2 Å². The van der Waals surface area contributed by atoms with Crippen molar-refractivity contribution >= 4 is 32.7 Å². The summed E-state index contributed by atoms with van der Waals surface area (Å²) in [6.45, 7) is 10.4. The molecule has 1 aromatic heterocycles. The summed E-state index contributed by atoms with van der Waals surface area (Å²) in [7, 11) is 0. The van der Waals surface area contributed by atoms with E-state index in [0.29, 0.717) is 42.2 Å². The fraction of sp³-hybridized carbons (Fsp3) is 0.462. The number of esters is 1. The monoisotopic (exact) mass is 521 g/mol. The van der Waals surface area contributed by atoms with Crippen LogP contribution in [0.15, 0.2) is 36.4 Å². The Morgan fingerprint density at radius 2 is 1.86 bits per heavy atom. The van der Waals surface area contributed by atoms with Gasteiger partial charge in [0.1, 0.15) is 5.75 Å². The number of thiazole rings is 1. The number of carbonyl (C=O) groups is 1. The normalized spacial score (nSPS) is 19.0. The fourth-order valence-corrected chi connectivity index (χ4v) is 5.63. The smallest absolute Gasteiger partial charge is 0.416 e. The highest BCUT2D eigenvalue weighted by atomic mass is 32.1. The first-order valence-corrected chi connectivity index (χ1v) is 12.7. The van der Waals surface area contributed by atoms with Gasteiger partial charge in [0.25, 0.3) is 0 Å². The zero-order chi connectivity index (χ0) is 26.0. The SMILES string of the molecule is CCOC(=O)COc1cc(C)cc(CN2C(C)CN(c3nc4ccc(C(F)(F)F)cc4s3)CC2C)c1. The van der Waals surface area contributed by atoms with Crippen molar-refractivity contribution in [3.63, 3.8) is 0 Å². The number of aromatic nitrogens is 1. The zero-order valence-electron chi connectivity index (χ0n) is 20.8. The van der Waals surface area contributed by atoms with Crippen LogP contribution in [0.3, 0.4) is 0 Å². The van der Waals surface area contributed by atoms with Crippen LogP contribution in [-0.4, -0.2) is 54.2 Å². The van der Waals surface area contributed by atoms with Gasteiger partial charge in [-0.25, -0.2) is 9.78 Å². The molecule has 0 N–H and O–H groups in total. The summed E-state index contributed by atoms with van der Waals surface area (Å²) in [5.74, 6) is 0.230. The van der Waals surface area contributed by atoms with Crippen molar-refractivity contribution in [2.24, 2.45) is 0 Å². The van der Waals surface area contributed by atoms with E-state index in [1.165, 1.54) is 23.5 Å². The van der Waals surface area contributed by atoms with Crippen molar-refractivity contribution in [3.05, 3.63) is 53.1 Å². The maximum Gasteiger partial charge on any atom is 0.416 e. The largest absolute Gasteiger partial charge is 0.482 e. The number of ether oxygens (including phenoxy) is 2. The van der Waals surface area contributed by atoms with Crippen LogP contribution in [0.5, 0.6) is 5.75 Å². The number of hydrogen-bond donors (Lipinski definition) is 0. The predicted molar refractivity (Wildman–Crippen MR) is 135 cm³/mol. The molecular formula is C26H30F3N3O3S. The summed E-state index contributed by atoms with van der Waals surface area (Å²) in [5, 5.41) is 0.743. The summed E-state index contributed by atoms with van der Waals surface area (Å²) in [6.07, 6.45) is -4.37. The molecule has 4 rings (SSSR count). The van der Waals surface area contributed by atoms with E-state index < -0.39 is 17.7 Å². The number of halogens is 3. The first-order valence-electron chi connectivity index (χ1n) is 11.9. The van der Waals surface area contributed by atoms with E-state index in [-0.39, 0.29) is 18.7 Å². The van der Waals surface area contributed by atoms with Crippen molar-refractivity contribution < 1.29 is 27.4 Å². The quantitative estimate of drug-likeness (QED) is 0.374. The average molecular weight is 522 g/mol. The van der Waals surface area contributed by atoms with Gasteiger partial charge in [0, 0.05) is 31.7 Å². The molecule has 1 aliphatic rings. The van der Waals surface area contributed by atoms with Crippen LogP contribution < -0.4 is 9.64 Å². The summed E-state index contributed by atoms with van der Waals surface area (Å²) in [4.78, 5) is 20.8. The molecule has 1 fully saturated rings. The van der Waals surface area contributed by atoms with E-state index >= 15 is 0 Å². The molecule has 2 aromatic carbocycles. The van der Waals surface area contributed by atoms with Gasteiger partial charge in [-0.15, -0.1) is 0 Å². The van der Waals surface area contributed by atoms with Gasteiger partial charge in [-0.1, -0.05) is 17.4 Å². The molecule has 1 aliphatic heterocycles. The van der Waals surface area contributed by atoms with E-state index in [0.717, 1.165) is 22.3 Å². The molecule has 36 heavy (non-hydrogen) atoms. The van der Waals surface area contributed by atoms with Crippen LogP contribution in [0.2, 0.25) is 0 Å². The van der Waals surface area contributed by atoms with Crippen molar-refractivity contribution in [1.29, 1.82) is 0 Å². The molecule has 6 nitrogen and oxygen atoms in total. The lowest BCUT2D eigenvalue weighted by molar-refractivity contribution is -0.145. The highest BCUT2D eigenvalue weighted by Gasteiger charge is 2.33. The molecule has 2 heterocycles. The number of fused-ring (bicyclic) bond motifs is 1. The van der Waals surface area contributed by atoms with Crippen LogP contribution in [0.25, 0.3) is 10.2 Å². The molecular weight excluding hydrogens is 491 g/mol. The van der Waals surface area contributed by atoms with Crippen LogP contribution >= 0.6 is 11.3 Å². The van der Waals surface area contributed by atoms with Crippen LogP contribution in [0.4, 0.5) is 18.3 Å². The van der Waals surface area contributed by atoms with Crippen molar-refractivity contribution in [3.8, 4) is 5.75 Å². The summed E-state index contributed by atoms with van der Waals surface area (Å²) in [6, 6.07) is 10.0. The van der Waals surface area contributed by atoms with Gasteiger partial charge >= 0.3 is 12.1 Å². The van der Waals surface area contributed by atoms with Crippen LogP contribution in [0.1, 0.15) is 37.5 Å². The predicted octanol–water partition coefficient (Wildman–Crippen LogP) is 5.66. The summed E-state index contributed by atoms with van der Waals surface area (Å²) < 4.78 is 50.4. The van der Waals surface area contributed by atoms with Crippen molar-refractivity contribution in [2.75, 3.05) is 31.2 Å². The van der Waals surface area contributed by atoms with E-state index in [1.54, 1.807) is 6.92 Å². The topological polar surface area (TPSA) is 54.9 Å². The number of hydrogen-bond acceptors (Lipinski definition) is 7. The van der Waals surface area contributed by atoms with Gasteiger partial charge in [0.05, 0.1) is 22.4 Å². The van der Waals surface area contributed by atoms with Gasteiger partial charge in [-0.2, -0.15) is 13.2 Å². The van der Waals surface area contributed by atoms with E-state index in [9.17, 15) is 18.0 Å². The molecule has 0 saturated carbocycles. The van der Waals surface area contributed by atoms with Crippen LogP contribution in [0, 0.1) is 6.92 Å². The minimum atomic E-state index is -4.37. The fourth-order valence-electron chi connectivity index (χ4n) is 4.60. The van der Waals surface area contributed by atoms with Gasteiger partial charge < -0.3 is 14.4 Å². The second kappa shape index (κ2) is 10.6. The Kier molecular flexibility index (Phi) is 7.75. The minimum Gasteiger partial charge on any atom is -0.482 e. The molecule has 194 valence electrons. The first-order chi connectivity index (χ1) is 17.0. The number of rotatable bonds is 7. The lowest BCUT2D eigenvalue weighted by Crippen LogP contribution is -2.56. The molecule has 0 aliphatic carbocycles. The van der Waals surface area contributed by atoms with Crippen molar-refractivity contribution in [2.45, 2.75) is 52.5 Å².